The molecule has 0 spiro atoms. The molecule has 2 unspecified atom stereocenters. The highest BCUT2D eigenvalue weighted by atomic mass is 31.2. The number of phosphoric acid groups is 1. The van der Waals surface area contributed by atoms with Crippen LogP contribution in [0, 0.1) is 0 Å². The third-order valence-electron chi connectivity index (χ3n) is 10.4. The molecule has 0 bridgehead atoms. The maximum Gasteiger partial charge on any atom is 0.472 e. The van der Waals surface area contributed by atoms with Gasteiger partial charge in [-0.25, -0.2) is 4.57 Å². The lowest BCUT2D eigenvalue weighted by atomic mass is 10.0. The van der Waals surface area contributed by atoms with Gasteiger partial charge in [0.05, 0.1) is 19.8 Å². The van der Waals surface area contributed by atoms with Crippen LogP contribution in [0.5, 0.6) is 0 Å². The number of hydrogen-bond donors (Lipinski definition) is 2. The Morgan fingerprint density at radius 2 is 0.946 bits per heavy atom. The summed E-state index contributed by atoms with van der Waals surface area (Å²) in [6.07, 6.45) is 50.6. The van der Waals surface area contributed by atoms with Crippen molar-refractivity contribution in [2.75, 3.05) is 33.0 Å². The maximum absolute atomic E-state index is 12.6. The average molecular weight is 814 g/mol. The molecule has 0 aliphatic carbocycles. The zero-order chi connectivity index (χ0) is 40.9. The number of carbonyl (C=O) groups is 1. The van der Waals surface area contributed by atoms with E-state index in [2.05, 4.69) is 38.2 Å². The summed E-state index contributed by atoms with van der Waals surface area (Å²) in [6, 6.07) is 0. The van der Waals surface area contributed by atoms with Crippen LogP contribution >= 0.6 is 7.82 Å². The highest BCUT2D eigenvalue weighted by Crippen LogP contribution is 2.43. The second-order valence-electron chi connectivity index (χ2n) is 16.0. The van der Waals surface area contributed by atoms with E-state index in [-0.39, 0.29) is 32.3 Å². The van der Waals surface area contributed by atoms with Crippen molar-refractivity contribution in [2.45, 2.75) is 238 Å². The first-order valence-corrected chi connectivity index (χ1v) is 25.3. The van der Waals surface area contributed by atoms with Crippen molar-refractivity contribution in [3.05, 3.63) is 24.3 Å². The van der Waals surface area contributed by atoms with E-state index in [1.165, 1.54) is 154 Å². The number of esters is 1. The number of rotatable bonds is 46. The van der Waals surface area contributed by atoms with Crippen molar-refractivity contribution in [3.8, 4) is 0 Å². The first kappa shape index (κ1) is 55.0. The Bertz CT molecular complexity index is 915. The molecular weight excluding hydrogens is 721 g/mol. The fourth-order valence-electron chi connectivity index (χ4n) is 6.85. The maximum atomic E-state index is 12.6. The van der Waals surface area contributed by atoms with E-state index in [1.54, 1.807) is 0 Å². The van der Waals surface area contributed by atoms with E-state index in [0.717, 1.165) is 57.8 Å². The lowest BCUT2D eigenvalue weighted by molar-refractivity contribution is -0.154. The molecule has 0 aromatic carbocycles. The molecule has 0 radical (unpaired) electrons. The summed E-state index contributed by atoms with van der Waals surface area (Å²) in [6.45, 7) is 4.93. The lowest BCUT2D eigenvalue weighted by Gasteiger charge is -2.20. The fourth-order valence-corrected chi connectivity index (χ4v) is 7.62. The van der Waals surface area contributed by atoms with E-state index in [4.69, 9.17) is 24.3 Å². The van der Waals surface area contributed by atoms with Crippen LogP contribution in [0.3, 0.4) is 0 Å². The van der Waals surface area contributed by atoms with Crippen molar-refractivity contribution in [1.29, 1.82) is 0 Å². The van der Waals surface area contributed by atoms with Gasteiger partial charge in [0.15, 0.2) is 0 Å². The molecule has 0 aromatic heterocycles. The van der Waals surface area contributed by atoms with Gasteiger partial charge in [0, 0.05) is 19.6 Å². The van der Waals surface area contributed by atoms with Crippen LogP contribution in [0.1, 0.15) is 232 Å². The van der Waals surface area contributed by atoms with Crippen molar-refractivity contribution < 1.29 is 32.8 Å². The molecule has 0 rings (SSSR count). The van der Waals surface area contributed by atoms with Crippen molar-refractivity contribution >= 4 is 13.8 Å². The molecule has 0 aliphatic heterocycles. The molecule has 56 heavy (non-hydrogen) atoms. The zero-order valence-corrected chi connectivity index (χ0v) is 37.8. The molecule has 8 nitrogen and oxygen atoms in total. The van der Waals surface area contributed by atoms with Crippen LogP contribution in [-0.2, 0) is 27.9 Å². The van der Waals surface area contributed by atoms with Gasteiger partial charge in [0.1, 0.15) is 6.10 Å². The highest BCUT2D eigenvalue weighted by molar-refractivity contribution is 7.47. The summed E-state index contributed by atoms with van der Waals surface area (Å²) in [4.78, 5) is 22.5. The minimum atomic E-state index is -4.28. The van der Waals surface area contributed by atoms with Crippen LogP contribution in [0.15, 0.2) is 24.3 Å². The minimum absolute atomic E-state index is 0.0961. The first-order chi connectivity index (χ1) is 27.4. The summed E-state index contributed by atoms with van der Waals surface area (Å²) in [5.41, 5.74) is 5.38. The number of ether oxygens (including phenoxy) is 2. The topological polar surface area (TPSA) is 117 Å². The quantitative estimate of drug-likeness (QED) is 0.0270. The predicted molar refractivity (Wildman–Crippen MR) is 238 cm³/mol. The van der Waals surface area contributed by atoms with Gasteiger partial charge in [0.2, 0.25) is 0 Å². The molecule has 0 heterocycles. The molecule has 3 N–H and O–H groups in total. The van der Waals surface area contributed by atoms with Crippen molar-refractivity contribution in [3.63, 3.8) is 0 Å². The highest BCUT2D eigenvalue weighted by Gasteiger charge is 2.25. The SMILES string of the molecule is CCCCCC/C=C\C/C=C\CCCCCCCC(=O)OC(COCCCCCCCCCCCCCCCCCCCCCCC)COP(=O)(O)OCCN. The van der Waals surface area contributed by atoms with Gasteiger partial charge in [-0.05, 0) is 44.9 Å². The number of carbonyl (C=O) groups excluding carboxylic acids is 1. The Morgan fingerprint density at radius 3 is 1.41 bits per heavy atom. The molecule has 0 aromatic rings. The van der Waals surface area contributed by atoms with Gasteiger partial charge in [-0.15, -0.1) is 0 Å². The molecule has 9 heteroatoms. The van der Waals surface area contributed by atoms with Crippen LogP contribution < -0.4 is 5.73 Å². The largest absolute Gasteiger partial charge is 0.472 e. The molecule has 0 fully saturated rings. The second-order valence-corrected chi connectivity index (χ2v) is 17.4. The standard InChI is InChI=1S/C47H92NO7P/c1-3-5-7-9-11-13-15-17-19-21-22-23-24-25-27-29-31-33-35-37-39-42-52-44-46(45-54-56(50,51)53-43-41-48)55-47(49)40-38-36-34-32-30-28-26-20-18-16-14-12-10-8-6-4-2/h14,16,20,26,46H,3-13,15,17-19,21-25,27-45,48H2,1-2H3,(H,50,51)/b16-14-,26-20-. The second kappa shape index (κ2) is 45.1. The zero-order valence-electron chi connectivity index (χ0n) is 36.9. The minimum Gasteiger partial charge on any atom is -0.457 e. The van der Waals surface area contributed by atoms with Gasteiger partial charge < -0.3 is 20.1 Å². The third-order valence-corrected chi connectivity index (χ3v) is 11.4. The first-order valence-electron chi connectivity index (χ1n) is 23.8. The van der Waals surface area contributed by atoms with E-state index >= 15 is 0 Å². The van der Waals surface area contributed by atoms with Gasteiger partial charge >= 0.3 is 13.8 Å². The number of unbranched alkanes of at least 4 members (excludes halogenated alkanes) is 29. The normalized spacial score (nSPS) is 13.6. The number of phosphoric ester groups is 1. The molecule has 0 aliphatic rings. The Labute approximate surface area is 346 Å². The smallest absolute Gasteiger partial charge is 0.457 e. The number of allylic oxidation sites excluding steroid dienone is 4. The fraction of sp³-hybridized carbons (Fsp3) is 0.894. The molecule has 332 valence electrons. The third kappa shape index (κ3) is 44.1. The Kier molecular flexibility index (Phi) is 44.3. The molecule has 0 saturated carbocycles. The number of nitrogens with two attached hydrogens (primary N) is 1. The monoisotopic (exact) mass is 814 g/mol. The Balaban J connectivity index is 3.95. The van der Waals surface area contributed by atoms with Gasteiger partial charge in [-0.3, -0.25) is 13.8 Å². The Hall–Kier alpha value is -1.02. The van der Waals surface area contributed by atoms with Gasteiger partial charge in [0.25, 0.3) is 0 Å². The lowest BCUT2D eigenvalue weighted by Crippen LogP contribution is -2.28. The van der Waals surface area contributed by atoms with Crippen molar-refractivity contribution in [2.24, 2.45) is 5.73 Å². The summed E-state index contributed by atoms with van der Waals surface area (Å²) < 4.78 is 33.5. The predicted octanol–water partition coefficient (Wildman–Crippen LogP) is 14.4. The van der Waals surface area contributed by atoms with Gasteiger partial charge in [-0.1, -0.05) is 205 Å². The summed E-state index contributed by atoms with van der Waals surface area (Å²) in [5, 5.41) is 0. The molecule has 2 atom stereocenters. The van der Waals surface area contributed by atoms with Gasteiger partial charge in [-0.2, -0.15) is 0 Å². The molecule has 0 amide bonds. The summed E-state index contributed by atoms with van der Waals surface area (Å²) >= 11 is 0. The van der Waals surface area contributed by atoms with E-state index in [1.807, 2.05) is 0 Å². The van der Waals surface area contributed by atoms with E-state index in [9.17, 15) is 14.3 Å². The van der Waals surface area contributed by atoms with Crippen molar-refractivity contribution in [1.82, 2.24) is 0 Å². The van der Waals surface area contributed by atoms with Crippen LogP contribution in [0.4, 0.5) is 0 Å². The van der Waals surface area contributed by atoms with Crippen LogP contribution in [0.2, 0.25) is 0 Å². The summed E-state index contributed by atoms with van der Waals surface area (Å²) in [7, 11) is -4.28. The molecule has 0 saturated heterocycles. The van der Waals surface area contributed by atoms with Crippen LogP contribution in [-0.4, -0.2) is 49.9 Å². The Morgan fingerprint density at radius 1 is 0.536 bits per heavy atom. The van der Waals surface area contributed by atoms with E-state index in [0.29, 0.717) is 13.0 Å². The van der Waals surface area contributed by atoms with E-state index < -0.39 is 13.9 Å². The number of hydrogen-bond acceptors (Lipinski definition) is 7. The summed E-state index contributed by atoms with van der Waals surface area (Å²) in [5.74, 6) is -0.340. The molecular formula is C47H92NO7P. The van der Waals surface area contributed by atoms with Crippen LogP contribution in [0.25, 0.3) is 0 Å². The average Bonchev–Trinajstić information content (AvgIpc) is 3.19.